The summed E-state index contributed by atoms with van der Waals surface area (Å²) in [6.07, 6.45) is 0. The summed E-state index contributed by atoms with van der Waals surface area (Å²) in [6, 6.07) is 68.7. The van der Waals surface area contributed by atoms with Gasteiger partial charge in [-0.3, -0.25) is 0 Å². The number of rotatable bonds is 4. The van der Waals surface area contributed by atoms with Crippen molar-refractivity contribution in [2.24, 2.45) is 0 Å². The minimum absolute atomic E-state index is 0.00669. The van der Waals surface area contributed by atoms with E-state index in [2.05, 4.69) is 222 Å². The topological polar surface area (TPSA) is 3.24 Å². The van der Waals surface area contributed by atoms with E-state index >= 15 is 0 Å². The van der Waals surface area contributed by atoms with Gasteiger partial charge in [-0.25, -0.2) is 0 Å². The molecule has 0 aromatic heterocycles. The molecule has 1 spiro atoms. The Morgan fingerprint density at radius 2 is 0.807 bits per heavy atom. The molecule has 0 fully saturated rings. The number of fused-ring (bicyclic) bond motifs is 13. The fraction of sp³-hybridized carbons (Fsp3) is 0.143. The van der Waals surface area contributed by atoms with Gasteiger partial charge in [0, 0.05) is 22.4 Å². The lowest BCUT2D eigenvalue weighted by Crippen LogP contribution is -2.27. The molecule has 274 valence electrons. The first-order valence-corrected chi connectivity index (χ1v) is 20.4. The molecule has 0 amide bonds. The van der Waals surface area contributed by atoms with Crippen molar-refractivity contribution in [2.45, 2.75) is 50.9 Å². The van der Waals surface area contributed by atoms with Crippen LogP contribution in [0.2, 0.25) is 0 Å². The van der Waals surface area contributed by atoms with Crippen LogP contribution >= 0.6 is 0 Å². The standard InChI is InChI=1S/C56H45N/c1-54(2,3)37-27-30-45-46-32-29-39(35-52(46)56(51(45)33-37)48-24-14-10-21-42(48)43-22-11-15-25-49(43)56)57(53-26-16-12-19-40(53)36-17-7-6-8-18-36)38-28-31-44-41-20-9-13-23-47(41)55(4,5)50(44)34-38/h6-35H,1-5H3. The highest BCUT2D eigenvalue weighted by atomic mass is 15.1. The van der Waals surface area contributed by atoms with E-state index in [1.807, 2.05) is 0 Å². The van der Waals surface area contributed by atoms with Gasteiger partial charge in [-0.1, -0.05) is 186 Å². The van der Waals surface area contributed by atoms with Gasteiger partial charge in [0.15, 0.2) is 0 Å². The molecular weight excluding hydrogens is 687 g/mol. The second-order valence-electron chi connectivity index (χ2n) is 17.7. The maximum absolute atomic E-state index is 2.53. The van der Waals surface area contributed by atoms with Crippen LogP contribution in [0, 0.1) is 0 Å². The first kappa shape index (κ1) is 33.9. The van der Waals surface area contributed by atoms with Crippen LogP contribution in [0.25, 0.3) is 44.5 Å². The van der Waals surface area contributed by atoms with Gasteiger partial charge in [-0.2, -0.15) is 0 Å². The molecule has 8 aromatic carbocycles. The Bertz CT molecular complexity index is 2880. The summed E-state index contributed by atoms with van der Waals surface area (Å²) >= 11 is 0. The second kappa shape index (κ2) is 12.0. The molecule has 1 heteroatoms. The average molecular weight is 732 g/mol. The van der Waals surface area contributed by atoms with Crippen molar-refractivity contribution < 1.29 is 0 Å². The molecule has 0 saturated heterocycles. The number of anilines is 3. The quantitative estimate of drug-likeness (QED) is 0.174. The van der Waals surface area contributed by atoms with Crippen LogP contribution in [0.3, 0.4) is 0 Å². The molecule has 0 bridgehead atoms. The molecule has 0 saturated carbocycles. The van der Waals surface area contributed by atoms with Crippen molar-refractivity contribution in [1.82, 2.24) is 0 Å². The Balaban J connectivity index is 1.20. The zero-order valence-electron chi connectivity index (χ0n) is 33.3. The summed E-state index contributed by atoms with van der Waals surface area (Å²) in [5, 5.41) is 0. The maximum Gasteiger partial charge on any atom is 0.0726 e. The molecule has 3 aliphatic carbocycles. The van der Waals surface area contributed by atoms with Crippen LogP contribution < -0.4 is 4.90 Å². The summed E-state index contributed by atoms with van der Waals surface area (Å²) in [4.78, 5) is 2.52. The summed E-state index contributed by atoms with van der Waals surface area (Å²) in [5.74, 6) is 0. The third-order valence-corrected chi connectivity index (χ3v) is 13.3. The molecular formula is C56H45N. The van der Waals surface area contributed by atoms with Crippen LogP contribution in [0.5, 0.6) is 0 Å². The van der Waals surface area contributed by atoms with Gasteiger partial charge in [-0.15, -0.1) is 0 Å². The number of nitrogens with zero attached hydrogens (tertiary/aromatic N) is 1. The lowest BCUT2D eigenvalue weighted by molar-refractivity contribution is 0.588. The molecule has 57 heavy (non-hydrogen) atoms. The minimum atomic E-state index is -0.457. The van der Waals surface area contributed by atoms with Crippen molar-refractivity contribution in [3.05, 3.63) is 221 Å². The molecule has 3 aliphatic rings. The van der Waals surface area contributed by atoms with Crippen molar-refractivity contribution in [3.8, 4) is 44.5 Å². The third-order valence-electron chi connectivity index (χ3n) is 13.3. The third kappa shape index (κ3) is 4.69. The molecule has 0 unspecified atom stereocenters. The van der Waals surface area contributed by atoms with E-state index < -0.39 is 5.41 Å². The molecule has 1 nitrogen and oxygen atoms in total. The highest BCUT2D eigenvalue weighted by Gasteiger charge is 2.52. The fourth-order valence-corrected chi connectivity index (χ4v) is 10.5. The van der Waals surface area contributed by atoms with Gasteiger partial charge in [0.25, 0.3) is 0 Å². The summed E-state index contributed by atoms with van der Waals surface area (Å²) in [7, 11) is 0. The summed E-state index contributed by atoms with van der Waals surface area (Å²) in [5.41, 5.74) is 22.8. The molecule has 0 radical (unpaired) electrons. The lowest BCUT2D eigenvalue weighted by atomic mass is 9.69. The van der Waals surface area contributed by atoms with Gasteiger partial charge in [0.05, 0.1) is 11.1 Å². The Labute approximate surface area is 336 Å². The van der Waals surface area contributed by atoms with Crippen LogP contribution in [0.1, 0.15) is 73.6 Å². The van der Waals surface area contributed by atoms with Crippen LogP contribution in [-0.2, 0) is 16.2 Å². The van der Waals surface area contributed by atoms with E-state index in [0.717, 1.165) is 17.1 Å². The normalized spacial score (nSPS) is 14.7. The molecule has 11 rings (SSSR count). The largest absolute Gasteiger partial charge is 0.310 e. The predicted molar refractivity (Wildman–Crippen MR) is 239 cm³/mol. The maximum atomic E-state index is 2.53. The zero-order chi connectivity index (χ0) is 38.7. The number of para-hydroxylation sites is 1. The highest BCUT2D eigenvalue weighted by molar-refractivity contribution is 5.97. The van der Waals surface area contributed by atoms with Gasteiger partial charge < -0.3 is 4.90 Å². The molecule has 8 aromatic rings. The summed E-state index contributed by atoms with van der Waals surface area (Å²) in [6.45, 7) is 11.7. The fourth-order valence-electron chi connectivity index (χ4n) is 10.5. The van der Waals surface area contributed by atoms with E-state index in [1.165, 1.54) is 83.5 Å². The smallest absolute Gasteiger partial charge is 0.0726 e. The number of benzene rings is 8. The first-order valence-electron chi connectivity index (χ1n) is 20.4. The van der Waals surface area contributed by atoms with E-state index in [4.69, 9.17) is 0 Å². The molecule has 0 N–H and O–H groups in total. The van der Waals surface area contributed by atoms with E-state index in [1.54, 1.807) is 0 Å². The van der Waals surface area contributed by atoms with Crippen molar-refractivity contribution in [2.75, 3.05) is 4.90 Å². The zero-order valence-corrected chi connectivity index (χ0v) is 33.3. The van der Waals surface area contributed by atoms with Gasteiger partial charge >= 0.3 is 0 Å². The SMILES string of the molecule is CC(C)(C)c1ccc2c(c1)C1(c3ccccc3-c3ccccc31)c1cc(N(c3ccc4c(c3)C(C)(C)c3ccccc3-4)c3ccccc3-c3ccccc3)ccc1-2. The highest BCUT2D eigenvalue weighted by Crippen LogP contribution is 2.64. The second-order valence-corrected chi connectivity index (χ2v) is 17.7. The number of hydrogen-bond acceptors (Lipinski definition) is 1. The van der Waals surface area contributed by atoms with Crippen molar-refractivity contribution in [1.29, 1.82) is 0 Å². The van der Waals surface area contributed by atoms with E-state index in [9.17, 15) is 0 Å². The molecule has 0 aliphatic heterocycles. The van der Waals surface area contributed by atoms with Gasteiger partial charge in [0.1, 0.15) is 0 Å². The average Bonchev–Trinajstić information content (AvgIpc) is 3.79. The Kier molecular flexibility index (Phi) is 7.15. The van der Waals surface area contributed by atoms with Gasteiger partial charge in [0.2, 0.25) is 0 Å². The monoisotopic (exact) mass is 731 g/mol. The van der Waals surface area contributed by atoms with Gasteiger partial charge in [-0.05, 0) is 114 Å². The van der Waals surface area contributed by atoms with Crippen LogP contribution in [0.15, 0.2) is 182 Å². The minimum Gasteiger partial charge on any atom is -0.310 e. The van der Waals surface area contributed by atoms with Crippen molar-refractivity contribution in [3.63, 3.8) is 0 Å². The van der Waals surface area contributed by atoms with Crippen molar-refractivity contribution >= 4 is 17.1 Å². The van der Waals surface area contributed by atoms with E-state index in [0.29, 0.717) is 0 Å². The Morgan fingerprint density at radius 1 is 0.368 bits per heavy atom. The number of hydrogen-bond donors (Lipinski definition) is 0. The summed E-state index contributed by atoms with van der Waals surface area (Å²) < 4.78 is 0. The first-order chi connectivity index (χ1) is 27.7. The van der Waals surface area contributed by atoms with Crippen LogP contribution in [-0.4, -0.2) is 0 Å². The Morgan fingerprint density at radius 3 is 1.42 bits per heavy atom. The molecule has 0 atom stereocenters. The Hall–Kier alpha value is -6.44. The van der Waals surface area contributed by atoms with E-state index in [-0.39, 0.29) is 10.8 Å². The predicted octanol–water partition coefficient (Wildman–Crippen LogP) is 14.8. The van der Waals surface area contributed by atoms with Crippen LogP contribution in [0.4, 0.5) is 17.1 Å². The molecule has 0 heterocycles. The lowest BCUT2D eigenvalue weighted by Gasteiger charge is -2.33.